The van der Waals surface area contributed by atoms with Gasteiger partial charge in [-0.3, -0.25) is 0 Å². The van der Waals surface area contributed by atoms with E-state index >= 15 is 0 Å². The van der Waals surface area contributed by atoms with Crippen molar-refractivity contribution in [2.24, 2.45) is 0 Å². The van der Waals surface area contributed by atoms with Gasteiger partial charge in [-0.25, -0.2) is 0 Å². The first kappa shape index (κ1) is 11.0. The summed E-state index contributed by atoms with van der Waals surface area (Å²) < 4.78 is 0. The van der Waals surface area contributed by atoms with Gasteiger partial charge in [-0.2, -0.15) is 0 Å². The third kappa shape index (κ3) is 1.70. The van der Waals surface area contributed by atoms with Crippen molar-refractivity contribution >= 4 is 33.7 Å². The van der Waals surface area contributed by atoms with E-state index in [4.69, 9.17) is 0 Å². The first-order valence-electron chi connectivity index (χ1n) is 6.37. The minimum atomic E-state index is 1.31. The number of benzene rings is 3. The van der Waals surface area contributed by atoms with E-state index in [1.165, 1.54) is 32.0 Å². The molecule has 0 spiro atoms. The van der Waals surface area contributed by atoms with Crippen LogP contribution in [-0.4, -0.2) is 0 Å². The fraction of sp³-hybridized carbons (Fsp3) is 0.111. The lowest BCUT2D eigenvalue weighted by Gasteiger charge is -2.03. The summed E-state index contributed by atoms with van der Waals surface area (Å²) in [6, 6.07) is 17.6. The molecule has 0 unspecified atom stereocenters. The van der Waals surface area contributed by atoms with Crippen LogP contribution in [0, 0.1) is 0 Å². The summed E-state index contributed by atoms with van der Waals surface area (Å²) in [6.45, 7) is 4.18. The van der Waals surface area contributed by atoms with Gasteiger partial charge in [0.15, 0.2) is 0 Å². The molecule has 0 heteroatoms. The van der Waals surface area contributed by atoms with Gasteiger partial charge in [-0.15, -0.1) is 0 Å². The van der Waals surface area contributed by atoms with E-state index in [9.17, 15) is 0 Å². The summed E-state index contributed by atoms with van der Waals surface area (Å²) in [5, 5.41) is 7.85. The average molecular weight is 232 g/mol. The van der Waals surface area contributed by atoms with Gasteiger partial charge in [0.05, 0.1) is 0 Å². The zero-order valence-electron chi connectivity index (χ0n) is 10.8. The topological polar surface area (TPSA) is 0 Å². The molecule has 0 bridgehead atoms. The molecule has 0 heterocycles. The smallest absolute Gasteiger partial charge is 0.0171 e. The quantitative estimate of drug-likeness (QED) is 0.520. The third-order valence-corrected chi connectivity index (χ3v) is 3.53. The predicted octanol–water partition coefficient (Wildman–Crippen LogP) is 3.59. The van der Waals surface area contributed by atoms with Gasteiger partial charge in [0.1, 0.15) is 0 Å². The Morgan fingerprint density at radius 2 is 1.06 bits per heavy atom. The van der Waals surface area contributed by atoms with Gasteiger partial charge < -0.3 is 0 Å². The normalized spacial score (nSPS) is 13.7. The van der Waals surface area contributed by atoms with Crippen molar-refractivity contribution in [3.63, 3.8) is 0 Å². The minimum absolute atomic E-state index is 1.31. The van der Waals surface area contributed by atoms with Crippen molar-refractivity contribution in [2.75, 3.05) is 0 Å². The Morgan fingerprint density at radius 3 is 1.44 bits per heavy atom. The van der Waals surface area contributed by atoms with E-state index in [2.05, 4.69) is 74.5 Å². The van der Waals surface area contributed by atoms with Crippen LogP contribution >= 0.6 is 0 Å². The Hall–Kier alpha value is -2.08. The van der Waals surface area contributed by atoms with E-state index < -0.39 is 0 Å². The first-order chi connectivity index (χ1) is 8.81. The van der Waals surface area contributed by atoms with Gasteiger partial charge in [0.25, 0.3) is 0 Å². The van der Waals surface area contributed by atoms with Crippen LogP contribution in [0.3, 0.4) is 0 Å². The second kappa shape index (κ2) is 4.30. The van der Waals surface area contributed by atoms with Gasteiger partial charge in [-0.05, 0) is 70.1 Å². The van der Waals surface area contributed by atoms with E-state index in [1.807, 2.05) is 0 Å². The van der Waals surface area contributed by atoms with Crippen LogP contribution in [-0.2, 0) is 0 Å². The van der Waals surface area contributed by atoms with Crippen LogP contribution in [0.4, 0.5) is 0 Å². The lowest BCUT2D eigenvalue weighted by atomic mass is 10.0. The van der Waals surface area contributed by atoms with Gasteiger partial charge in [0.2, 0.25) is 0 Å². The van der Waals surface area contributed by atoms with Crippen LogP contribution in [0.15, 0.2) is 48.5 Å². The molecule has 3 rings (SSSR count). The van der Waals surface area contributed by atoms with Crippen LogP contribution in [0.5, 0.6) is 0 Å². The van der Waals surface area contributed by atoms with Crippen LogP contribution in [0.1, 0.15) is 13.8 Å². The number of hydrogen-bond acceptors (Lipinski definition) is 0. The molecule has 0 atom stereocenters. The van der Waals surface area contributed by atoms with Gasteiger partial charge >= 0.3 is 0 Å². The fourth-order valence-corrected chi connectivity index (χ4v) is 2.53. The largest absolute Gasteiger partial charge is 0.0798 e. The van der Waals surface area contributed by atoms with E-state index in [-0.39, 0.29) is 0 Å². The first-order valence-corrected chi connectivity index (χ1v) is 6.37. The molecule has 0 saturated heterocycles. The molecule has 0 fully saturated rings. The van der Waals surface area contributed by atoms with E-state index in [1.54, 1.807) is 0 Å². The monoisotopic (exact) mass is 232 g/mol. The lowest BCUT2D eigenvalue weighted by molar-refractivity contribution is 1.54. The molecule has 0 aliphatic heterocycles. The highest BCUT2D eigenvalue weighted by atomic mass is 14.0. The second-order valence-corrected chi connectivity index (χ2v) is 4.60. The van der Waals surface area contributed by atoms with E-state index in [0.717, 1.165) is 0 Å². The Morgan fingerprint density at radius 1 is 0.611 bits per heavy atom. The highest BCUT2D eigenvalue weighted by Crippen LogP contribution is 2.20. The summed E-state index contributed by atoms with van der Waals surface area (Å²) >= 11 is 0. The molecule has 0 aliphatic carbocycles. The summed E-state index contributed by atoms with van der Waals surface area (Å²) in [5.41, 5.74) is 0. The van der Waals surface area contributed by atoms with Crippen LogP contribution in [0.25, 0.3) is 33.7 Å². The molecule has 0 saturated carbocycles. The highest BCUT2D eigenvalue weighted by Gasteiger charge is 1.98. The number of fused-ring (bicyclic) bond motifs is 2. The molecule has 3 aromatic carbocycles. The molecular formula is C18H16. The van der Waals surface area contributed by atoms with Crippen LogP contribution < -0.4 is 10.4 Å². The average Bonchev–Trinajstić information content (AvgIpc) is 2.43. The molecule has 18 heavy (non-hydrogen) atoms. The van der Waals surface area contributed by atoms with E-state index in [0.29, 0.717) is 0 Å². The highest BCUT2D eigenvalue weighted by molar-refractivity contribution is 5.98. The SMILES string of the molecule is C/C=c1/cc2cc3ccccc3cc2c/c1=C/C. The predicted molar refractivity (Wildman–Crippen MR) is 81.0 cm³/mol. The Kier molecular flexibility index (Phi) is 2.64. The summed E-state index contributed by atoms with van der Waals surface area (Å²) in [5.74, 6) is 0. The fourth-order valence-electron chi connectivity index (χ4n) is 2.53. The zero-order chi connectivity index (χ0) is 12.5. The maximum atomic E-state index is 2.27. The summed E-state index contributed by atoms with van der Waals surface area (Å²) in [6.07, 6.45) is 4.34. The van der Waals surface area contributed by atoms with Gasteiger partial charge in [-0.1, -0.05) is 36.4 Å². The number of rotatable bonds is 0. The Labute approximate surface area is 107 Å². The Balaban J connectivity index is 2.52. The van der Waals surface area contributed by atoms with Crippen molar-refractivity contribution in [3.8, 4) is 0 Å². The third-order valence-electron chi connectivity index (χ3n) is 3.53. The summed E-state index contributed by atoms with van der Waals surface area (Å²) in [4.78, 5) is 0. The number of hydrogen-bond donors (Lipinski definition) is 0. The van der Waals surface area contributed by atoms with Crippen molar-refractivity contribution in [3.05, 3.63) is 59.0 Å². The molecule has 0 radical (unpaired) electrons. The second-order valence-electron chi connectivity index (χ2n) is 4.60. The maximum Gasteiger partial charge on any atom is -0.0171 e. The minimum Gasteiger partial charge on any atom is -0.0798 e. The Bertz CT molecular complexity index is 767. The standard InChI is InChI=1S/C18H16/c1-3-13-9-17-11-15-7-5-6-8-16(15)12-18(17)10-14(13)4-2/h3-12H,1-2H3/b13-3-,14-4-. The molecule has 0 aromatic heterocycles. The van der Waals surface area contributed by atoms with Crippen molar-refractivity contribution < 1.29 is 0 Å². The lowest BCUT2D eigenvalue weighted by Crippen LogP contribution is -2.23. The van der Waals surface area contributed by atoms with Crippen molar-refractivity contribution in [1.29, 1.82) is 0 Å². The molecule has 0 aliphatic rings. The van der Waals surface area contributed by atoms with Crippen molar-refractivity contribution in [1.82, 2.24) is 0 Å². The maximum absolute atomic E-state index is 2.27. The molecule has 3 aromatic rings. The molecule has 0 N–H and O–H groups in total. The summed E-state index contributed by atoms with van der Waals surface area (Å²) in [7, 11) is 0. The van der Waals surface area contributed by atoms with Crippen LogP contribution in [0.2, 0.25) is 0 Å². The molecule has 0 nitrogen and oxygen atoms in total. The van der Waals surface area contributed by atoms with Gasteiger partial charge in [0, 0.05) is 0 Å². The zero-order valence-corrected chi connectivity index (χ0v) is 10.8. The molecular weight excluding hydrogens is 216 g/mol. The molecule has 88 valence electrons. The molecule has 0 amide bonds. The van der Waals surface area contributed by atoms with Crippen molar-refractivity contribution in [2.45, 2.75) is 13.8 Å².